The van der Waals surface area contributed by atoms with Crippen LogP contribution in [0.25, 0.3) is 0 Å². The first-order valence-electron chi connectivity index (χ1n) is 7.47. The Morgan fingerprint density at radius 2 is 2.10 bits per heavy atom. The van der Waals surface area contributed by atoms with Crippen LogP contribution in [-0.2, 0) is 4.79 Å². The molecule has 2 rings (SSSR count). The predicted molar refractivity (Wildman–Crippen MR) is 79.6 cm³/mol. The molecule has 4 heteroatoms. The Labute approximate surface area is 120 Å². The van der Waals surface area contributed by atoms with E-state index in [-0.39, 0.29) is 18.6 Å². The maximum Gasteiger partial charge on any atom is 0.258 e. The third-order valence-electron chi connectivity index (χ3n) is 3.84. The Morgan fingerprint density at radius 1 is 1.40 bits per heavy atom. The highest BCUT2D eigenvalue weighted by Gasteiger charge is 2.17. The zero-order valence-electron chi connectivity index (χ0n) is 12.1. The molecule has 110 valence electrons. The maximum atomic E-state index is 11.9. The summed E-state index contributed by atoms with van der Waals surface area (Å²) in [5.74, 6) is 0.667. The van der Waals surface area contributed by atoms with Crippen LogP contribution in [0, 0.1) is 0 Å². The van der Waals surface area contributed by atoms with Gasteiger partial charge in [0.05, 0.1) is 0 Å². The molecular weight excluding hydrogens is 252 g/mol. The molecule has 0 saturated heterocycles. The highest BCUT2D eigenvalue weighted by atomic mass is 16.5. The number of hydrogen-bond acceptors (Lipinski definition) is 3. The molecule has 0 aromatic heterocycles. The minimum absolute atomic E-state index is 0.0447. The smallest absolute Gasteiger partial charge is 0.258 e. The van der Waals surface area contributed by atoms with Gasteiger partial charge < -0.3 is 15.8 Å². The molecular formula is C16H24N2O2. The molecule has 1 aliphatic carbocycles. The number of rotatable bonds is 6. The van der Waals surface area contributed by atoms with Gasteiger partial charge in [0.15, 0.2) is 6.61 Å². The monoisotopic (exact) mass is 276 g/mol. The largest absolute Gasteiger partial charge is 0.483 e. The summed E-state index contributed by atoms with van der Waals surface area (Å²) < 4.78 is 5.64. The lowest BCUT2D eigenvalue weighted by Gasteiger charge is -2.16. The van der Waals surface area contributed by atoms with Gasteiger partial charge in [-0.2, -0.15) is 0 Å². The van der Waals surface area contributed by atoms with Crippen LogP contribution in [0.4, 0.5) is 0 Å². The van der Waals surface area contributed by atoms with Crippen molar-refractivity contribution in [1.82, 2.24) is 5.32 Å². The lowest BCUT2D eigenvalue weighted by atomic mass is 10.0. The van der Waals surface area contributed by atoms with Crippen molar-refractivity contribution in [2.24, 2.45) is 5.73 Å². The summed E-state index contributed by atoms with van der Waals surface area (Å²) in [5, 5.41) is 3.02. The van der Waals surface area contributed by atoms with E-state index in [0.717, 1.165) is 24.8 Å². The topological polar surface area (TPSA) is 64.3 Å². The van der Waals surface area contributed by atoms with Crippen molar-refractivity contribution in [3.05, 3.63) is 29.8 Å². The molecule has 20 heavy (non-hydrogen) atoms. The second-order valence-electron chi connectivity index (χ2n) is 5.39. The summed E-state index contributed by atoms with van der Waals surface area (Å²) in [4.78, 5) is 11.9. The quantitative estimate of drug-likeness (QED) is 0.839. The van der Waals surface area contributed by atoms with Gasteiger partial charge in [-0.15, -0.1) is 0 Å². The van der Waals surface area contributed by atoms with E-state index in [4.69, 9.17) is 10.5 Å². The zero-order valence-corrected chi connectivity index (χ0v) is 12.1. The number of ether oxygens (including phenoxy) is 1. The molecule has 1 fully saturated rings. The normalized spacial score (nSPS) is 16.9. The van der Waals surface area contributed by atoms with E-state index < -0.39 is 0 Å². The van der Waals surface area contributed by atoms with E-state index in [1.807, 2.05) is 31.2 Å². The molecule has 0 heterocycles. The summed E-state index contributed by atoms with van der Waals surface area (Å²) in [7, 11) is 0. The Kier molecular flexibility index (Phi) is 5.41. The minimum atomic E-state index is -0.0518. The van der Waals surface area contributed by atoms with E-state index in [1.165, 1.54) is 12.8 Å². The average molecular weight is 276 g/mol. The fourth-order valence-electron chi connectivity index (χ4n) is 2.62. The van der Waals surface area contributed by atoms with E-state index >= 15 is 0 Å². The van der Waals surface area contributed by atoms with Crippen LogP contribution < -0.4 is 15.8 Å². The van der Waals surface area contributed by atoms with E-state index in [2.05, 4.69) is 5.32 Å². The Bertz CT molecular complexity index is 442. The summed E-state index contributed by atoms with van der Waals surface area (Å²) in [6, 6.07) is 7.95. The second-order valence-corrected chi connectivity index (χ2v) is 5.39. The number of nitrogens with one attached hydrogen (secondary N) is 1. The summed E-state index contributed by atoms with van der Waals surface area (Å²) in [6.45, 7) is 2.10. The van der Waals surface area contributed by atoms with E-state index in [9.17, 15) is 4.79 Å². The van der Waals surface area contributed by atoms with Crippen molar-refractivity contribution in [2.75, 3.05) is 6.61 Å². The van der Waals surface area contributed by atoms with E-state index in [0.29, 0.717) is 11.8 Å². The fourth-order valence-corrected chi connectivity index (χ4v) is 2.62. The van der Waals surface area contributed by atoms with Crippen molar-refractivity contribution in [3.8, 4) is 5.75 Å². The lowest BCUT2D eigenvalue weighted by molar-refractivity contribution is -0.123. The maximum absolute atomic E-state index is 11.9. The van der Waals surface area contributed by atoms with Crippen LogP contribution in [0.2, 0.25) is 0 Å². The van der Waals surface area contributed by atoms with Crippen LogP contribution in [-0.4, -0.2) is 18.6 Å². The van der Waals surface area contributed by atoms with Crippen LogP contribution in [0.15, 0.2) is 24.3 Å². The average Bonchev–Trinajstić information content (AvgIpc) is 2.97. The summed E-state index contributed by atoms with van der Waals surface area (Å²) >= 11 is 0. The molecule has 0 spiro atoms. The van der Waals surface area contributed by atoms with Gasteiger partial charge in [0.1, 0.15) is 5.75 Å². The molecule has 0 bridgehead atoms. The number of amides is 1. The van der Waals surface area contributed by atoms with Gasteiger partial charge in [-0.3, -0.25) is 4.79 Å². The molecule has 4 nitrogen and oxygen atoms in total. The van der Waals surface area contributed by atoms with Crippen LogP contribution in [0.3, 0.4) is 0 Å². The predicted octanol–water partition coefficient (Wildman–Crippen LogP) is 2.53. The Morgan fingerprint density at radius 3 is 2.80 bits per heavy atom. The fraction of sp³-hybridized carbons (Fsp3) is 0.562. The summed E-state index contributed by atoms with van der Waals surface area (Å²) in [6.07, 6.45) is 5.43. The number of nitrogens with two attached hydrogens (primary N) is 1. The standard InChI is InChI=1S/C16H24N2O2/c1-2-14(17)13-9-5-6-10-15(13)20-11-16(19)18-12-7-3-4-8-12/h5-6,9-10,12,14H,2-4,7-8,11,17H2,1H3,(H,18,19)/t14-/m0/s1. The van der Waals surface area contributed by atoms with Crippen molar-refractivity contribution in [2.45, 2.75) is 51.1 Å². The first-order chi connectivity index (χ1) is 9.70. The van der Waals surface area contributed by atoms with Gasteiger partial charge in [0.2, 0.25) is 0 Å². The molecule has 1 aliphatic rings. The number of hydrogen-bond donors (Lipinski definition) is 2. The van der Waals surface area contributed by atoms with E-state index in [1.54, 1.807) is 0 Å². The van der Waals surface area contributed by atoms with Gasteiger partial charge in [-0.25, -0.2) is 0 Å². The first kappa shape index (κ1) is 14.9. The molecule has 1 saturated carbocycles. The number of benzene rings is 1. The first-order valence-corrected chi connectivity index (χ1v) is 7.47. The van der Waals surface area contributed by atoms with Crippen molar-refractivity contribution in [3.63, 3.8) is 0 Å². The van der Waals surface area contributed by atoms with Gasteiger partial charge in [0, 0.05) is 17.6 Å². The Balaban J connectivity index is 1.88. The third-order valence-corrected chi connectivity index (χ3v) is 3.84. The number of carbonyl (C=O) groups is 1. The highest BCUT2D eigenvalue weighted by Crippen LogP contribution is 2.25. The van der Waals surface area contributed by atoms with Crippen molar-refractivity contribution >= 4 is 5.91 Å². The third kappa shape index (κ3) is 3.97. The van der Waals surface area contributed by atoms with Gasteiger partial charge in [-0.05, 0) is 25.3 Å². The van der Waals surface area contributed by atoms with Gasteiger partial charge in [-0.1, -0.05) is 38.0 Å². The molecule has 0 unspecified atom stereocenters. The number of carbonyl (C=O) groups excluding carboxylic acids is 1. The molecule has 0 aliphatic heterocycles. The van der Waals surface area contributed by atoms with Crippen LogP contribution >= 0.6 is 0 Å². The van der Waals surface area contributed by atoms with Crippen LogP contribution in [0.1, 0.15) is 50.6 Å². The number of para-hydroxylation sites is 1. The zero-order chi connectivity index (χ0) is 14.4. The SMILES string of the molecule is CC[C@H](N)c1ccccc1OCC(=O)NC1CCCC1. The van der Waals surface area contributed by atoms with Crippen LogP contribution in [0.5, 0.6) is 5.75 Å². The molecule has 1 aromatic rings. The highest BCUT2D eigenvalue weighted by molar-refractivity contribution is 5.77. The molecule has 1 atom stereocenters. The molecule has 1 aromatic carbocycles. The Hall–Kier alpha value is -1.55. The summed E-state index contributed by atoms with van der Waals surface area (Å²) in [5.41, 5.74) is 7.01. The molecule has 0 radical (unpaired) electrons. The lowest BCUT2D eigenvalue weighted by Crippen LogP contribution is -2.36. The minimum Gasteiger partial charge on any atom is -0.483 e. The van der Waals surface area contributed by atoms with Gasteiger partial charge in [0.25, 0.3) is 5.91 Å². The van der Waals surface area contributed by atoms with Crippen molar-refractivity contribution in [1.29, 1.82) is 0 Å². The second kappa shape index (κ2) is 7.29. The molecule has 1 amide bonds. The van der Waals surface area contributed by atoms with Gasteiger partial charge >= 0.3 is 0 Å². The molecule has 3 N–H and O–H groups in total. The van der Waals surface area contributed by atoms with Crippen molar-refractivity contribution < 1.29 is 9.53 Å².